The summed E-state index contributed by atoms with van der Waals surface area (Å²) in [5.41, 5.74) is 2.65. The number of aryl methyl sites for hydroxylation is 1. The molecule has 0 aliphatic carbocycles. The van der Waals surface area contributed by atoms with Gasteiger partial charge in [-0.2, -0.15) is 0 Å². The van der Waals surface area contributed by atoms with Gasteiger partial charge in [-0.25, -0.2) is 9.98 Å². The summed E-state index contributed by atoms with van der Waals surface area (Å²) in [4.78, 5) is 9.17. The molecule has 1 aromatic heterocycles. The molecule has 0 radical (unpaired) electrons. The third-order valence-corrected chi connectivity index (χ3v) is 4.27. The molecule has 0 amide bonds. The number of hydrogen-bond donors (Lipinski definition) is 2. The van der Waals surface area contributed by atoms with Gasteiger partial charge < -0.3 is 15.2 Å². The van der Waals surface area contributed by atoms with E-state index in [1.165, 1.54) is 11.1 Å². The number of benzene rings is 1. The maximum atomic E-state index is 4.72. The lowest BCUT2D eigenvalue weighted by atomic mass is 9.99. The summed E-state index contributed by atoms with van der Waals surface area (Å²) in [5.74, 6) is 2.85. The molecule has 1 aromatic carbocycles. The van der Waals surface area contributed by atoms with E-state index in [0.717, 1.165) is 31.4 Å². The van der Waals surface area contributed by atoms with E-state index in [2.05, 4.69) is 79.1 Å². The lowest BCUT2D eigenvalue weighted by Gasteiger charge is -2.17. The predicted molar refractivity (Wildman–Crippen MR) is 109 cm³/mol. The highest BCUT2D eigenvalue weighted by Gasteiger charge is 2.08. The fourth-order valence-electron chi connectivity index (χ4n) is 2.89. The molecule has 0 saturated carbocycles. The van der Waals surface area contributed by atoms with Crippen molar-refractivity contribution in [3.63, 3.8) is 0 Å². The molecule has 0 fully saturated rings. The lowest BCUT2D eigenvalue weighted by molar-refractivity contribution is 0.507. The number of imidazole rings is 1. The molecule has 0 spiro atoms. The monoisotopic (exact) mass is 355 g/mol. The zero-order valence-corrected chi connectivity index (χ0v) is 16.8. The van der Waals surface area contributed by atoms with Crippen molar-refractivity contribution in [3.8, 4) is 0 Å². The van der Waals surface area contributed by atoms with Gasteiger partial charge in [0.25, 0.3) is 0 Å². The Morgan fingerprint density at radius 2 is 2.04 bits per heavy atom. The summed E-state index contributed by atoms with van der Waals surface area (Å²) in [5, 5.41) is 6.79. The highest BCUT2D eigenvalue weighted by molar-refractivity contribution is 5.79. The Hall–Kier alpha value is -2.30. The largest absolute Gasteiger partial charge is 0.357 e. The quantitative estimate of drug-likeness (QED) is 0.561. The fraction of sp³-hybridized carbons (Fsp3) is 0.524. The Bertz CT molecular complexity index is 702. The predicted octanol–water partition coefficient (Wildman–Crippen LogP) is 3.71. The number of rotatable bonds is 8. The molecule has 1 atom stereocenters. The molecular formula is C21H33N5. The second kappa shape index (κ2) is 10.00. The molecule has 142 valence electrons. The normalized spacial score (nSPS) is 13.1. The lowest BCUT2D eigenvalue weighted by Crippen LogP contribution is -2.39. The van der Waals surface area contributed by atoms with Crippen molar-refractivity contribution in [1.82, 2.24) is 20.2 Å². The van der Waals surface area contributed by atoms with Crippen LogP contribution in [-0.2, 0) is 13.1 Å². The van der Waals surface area contributed by atoms with E-state index in [-0.39, 0.29) is 0 Å². The Labute approximate surface area is 158 Å². The fourth-order valence-corrected chi connectivity index (χ4v) is 2.89. The Morgan fingerprint density at radius 1 is 1.23 bits per heavy atom. The second-order valence-corrected chi connectivity index (χ2v) is 7.28. The third-order valence-electron chi connectivity index (χ3n) is 4.27. The first-order valence-electron chi connectivity index (χ1n) is 9.58. The smallest absolute Gasteiger partial charge is 0.191 e. The van der Waals surface area contributed by atoms with E-state index in [1.807, 2.05) is 12.4 Å². The van der Waals surface area contributed by atoms with Crippen molar-refractivity contribution in [2.75, 3.05) is 13.1 Å². The molecule has 0 aliphatic heterocycles. The van der Waals surface area contributed by atoms with E-state index in [0.29, 0.717) is 18.4 Å². The van der Waals surface area contributed by atoms with Crippen LogP contribution in [0.2, 0.25) is 0 Å². The van der Waals surface area contributed by atoms with Gasteiger partial charge in [-0.05, 0) is 31.2 Å². The van der Waals surface area contributed by atoms with Crippen molar-refractivity contribution in [1.29, 1.82) is 0 Å². The standard InChI is InChI=1S/C21H33N5/c1-6-22-21(24-13-18(5)19-9-7-8-17(4)12-19)25-14-20-23-10-11-26(20)15-16(2)3/h7-12,16,18H,6,13-15H2,1-5H3,(H2,22,24,25). The topological polar surface area (TPSA) is 54.2 Å². The number of guanidine groups is 1. The molecule has 0 saturated heterocycles. The van der Waals surface area contributed by atoms with Gasteiger partial charge in [0.1, 0.15) is 12.4 Å². The molecule has 2 rings (SSSR count). The molecule has 0 aliphatic rings. The summed E-state index contributed by atoms with van der Waals surface area (Å²) in [6, 6.07) is 8.69. The Kier molecular flexibility index (Phi) is 7.70. The van der Waals surface area contributed by atoms with Crippen LogP contribution >= 0.6 is 0 Å². The highest BCUT2D eigenvalue weighted by atomic mass is 15.2. The third kappa shape index (κ3) is 6.21. The molecular weight excluding hydrogens is 322 g/mol. The summed E-state index contributed by atoms with van der Waals surface area (Å²) in [7, 11) is 0. The Morgan fingerprint density at radius 3 is 2.73 bits per heavy atom. The number of hydrogen-bond acceptors (Lipinski definition) is 2. The first kappa shape index (κ1) is 20.0. The van der Waals surface area contributed by atoms with Crippen molar-refractivity contribution in [2.24, 2.45) is 10.9 Å². The SMILES string of the molecule is CCNC(=NCc1nccn1CC(C)C)NCC(C)c1cccc(C)c1. The van der Waals surface area contributed by atoms with Crippen LogP contribution in [0.25, 0.3) is 0 Å². The molecule has 5 nitrogen and oxygen atoms in total. The minimum Gasteiger partial charge on any atom is -0.357 e. The molecule has 1 heterocycles. The summed E-state index contributed by atoms with van der Waals surface area (Å²) in [6.45, 7) is 14.1. The molecule has 1 unspecified atom stereocenters. The van der Waals surface area contributed by atoms with E-state index >= 15 is 0 Å². The van der Waals surface area contributed by atoms with E-state index in [4.69, 9.17) is 4.99 Å². The van der Waals surface area contributed by atoms with Gasteiger partial charge >= 0.3 is 0 Å². The van der Waals surface area contributed by atoms with Gasteiger partial charge in [-0.3, -0.25) is 0 Å². The molecule has 2 N–H and O–H groups in total. The first-order chi connectivity index (χ1) is 12.5. The van der Waals surface area contributed by atoms with Crippen molar-refractivity contribution >= 4 is 5.96 Å². The number of aliphatic imine (C=N–C) groups is 1. The van der Waals surface area contributed by atoms with Gasteiger partial charge in [0.15, 0.2) is 5.96 Å². The number of aromatic nitrogens is 2. The van der Waals surface area contributed by atoms with E-state index < -0.39 is 0 Å². The van der Waals surface area contributed by atoms with Crippen LogP contribution in [0.15, 0.2) is 41.7 Å². The van der Waals surface area contributed by atoms with Crippen LogP contribution in [0.3, 0.4) is 0 Å². The van der Waals surface area contributed by atoms with Crippen molar-refractivity contribution in [2.45, 2.75) is 53.6 Å². The van der Waals surface area contributed by atoms with Gasteiger partial charge in [0.2, 0.25) is 0 Å². The van der Waals surface area contributed by atoms with Crippen molar-refractivity contribution < 1.29 is 0 Å². The van der Waals surface area contributed by atoms with Gasteiger partial charge in [0, 0.05) is 32.0 Å². The highest BCUT2D eigenvalue weighted by Crippen LogP contribution is 2.15. The Balaban J connectivity index is 1.97. The molecule has 0 bridgehead atoms. The summed E-state index contributed by atoms with van der Waals surface area (Å²) >= 11 is 0. The molecule has 26 heavy (non-hydrogen) atoms. The first-order valence-corrected chi connectivity index (χ1v) is 9.58. The van der Waals surface area contributed by atoms with E-state index in [9.17, 15) is 0 Å². The number of nitrogens with one attached hydrogen (secondary N) is 2. The number of nitrogens with zero attached hydrogens (tertiary/aromatic N) is 3. The van der Waals surface area contributed by atoms with Gasteiger partial charge in [0.05, 0.1) is 0 Å². The van der Waals surface area contributed by atoms with Crippen LogP contribution in [0.5, 0.6) is 0 Å². The van der Waals surface area contributed by atoms with Crippen LogP contribution in [0, 0.1) is 12.8 Å². The van der Waals surface area contributed by atoms with Crippen molar-refractivity contribution in [3.05, 3.63) is 53.6 Å². The summed E-state index contributed by atoms with van der Waals surface area (Å²) in [6.07, 6.45) is 3.89. The van der Waals surface area contributed by atoms with Crippen LogP contribution < -0.4 is 10.6 Å². The van der Waals surface area contributed by atoms with E-state index in [1.54, 1.807) is 0 Å². The summed E-state index contributed by atoms with van der Waals surface area (Å²) < 4.78 is 2.19. The average molecular weight is 356 g/mol. The van der Waals surface area contributed by atoms with Gasteiger partial charge in [-0.15, -0.1) is 0 Å². The second-order valence-electron chi connectivity index (χ2n) is 7.28. The minimum absolute atomic E-state index is 0.418. The van der Waals surface area contributed by atoms with Crippen LogP contribution in [-0.4, -0.2) is 28.6 Å². The maximum Gasteiger partial charge on any atom is 0.191 e. The molecule has 2 aromatic rings. The van der Waals surface area contributed by atoms with Crippen LogP contribution in [0.4, 0.5) is 0 Å². The average Bonchev–Trinajstić information content (AvgIpc) is 3.03. The zero-order valence-electron chi connectivity index (χ0n) is 16.8. The minimum atomic E-state index is 0.418. The zero-order chi connectivity index (χ0) is 18.9. The van der Waals surface area contributed by atoms with Gasteiger partial charge in [-0.1, -0.05) is 50.6 Å². The van der Waals surface area contributed by atoms with Crippen LogP contribution in [0.1, 0.15) is 50.6 Å². The molecule has 5 heteroatoms. The maximum absolute atomic E-state index is 4.72.